The van der Waals surface area contributed by atoms with E-state index >= 15 is 0 Å². The van der Waals surface area contributed by atoms with Crippen LogP contribution in [-0.4, -0.2) is 28.4 Å². The molecule has 0 saturated carbocycles. The number of halogens is 1. The number of methoxy groups -OCH3 is 1. The Balaban J connectivity index is 2.28. The molecule has 1 aromatic rings. The highest BCUT2D eigenvalue weighted by molar-refractivity contribution is 14.1. The molecule has 1 aliphatic heterocycles. The van der Waals surface area contributed by atoms with Crippen molar-refractivity contribution in [1.29, 1.82) is 0 Å². The monoisotopic (exact) mass is 425 g/mol. The first kappa shape index (κ1) is 18.0. The van der Waals surface area contributed by atoms with Crippen LogP contribution in [0.5, 0.6) is 0 Å². The van der Waals surface area contributed by atoms with Crippen molar-refractivity contribution in [2.24, 2.45) is 0 Å². The second-order valence-corrected chi connectivity index (χ2v) is 6.53. The molecule has 4 heteroatoms. The predicted octanol–water partition coefficient (Wildman–Crippen LogP) is 4.48. The van der Waals surface area contributed by atoms with Crippen LogP contribution in [0.1, 0.15) is 31.7 Å². The molecule has 0 radical (unpaired) electrons. The summed E-state index contributed by atoms with van der Waals surface area (Å²) >= 11 is 2.41. The second kappa shape index (κ2) is 9.11. The molecular weight excluding hydrogens is 401 g/mol. The standard InChI is InChI=1S/C19H24INO2/c1-3-4-6-11-18-17(19(22)23-2)12-16(13-20)21(18)14-15-9-7-5-8-10-15/h3-5,7-10,16H,6,11-14H2,1-2H3/b4-3+. The molecule has 1 aromatic carbocycles. The van der Waals surface area contributed by atoms with Gasteiger partial charge in [-0.2, -0.15) is 0 Å². The van der Waals surface area contributed by atoms with E-state index < -0.39 is 0 Å². The highest BCUT2D eigenvalue weighted by atomic mass is 127. The summed E-state index contributed by atoms with van der Waals surface area (Å²) in [5.74, 6) is -0.175. The van der Waals surface area contributed by atoms with Crippen LogP contribution in [-0.2, 0) is 16.1 Å². The average Bonchev–Trinajstić information content (AvgIpc) is 2.93. The van der Waals surface area contributed by atoms with Crippen LogP contribution in [0.3, 0.4) is 0 Å². The molecular formula is C19H24INO2. The maximum atomic E-state index is 12.2. The number of allylic oxidation sites excluding steroid dienone is 3. The molecule has 2 rings (SSSR count). The van der Waals surface area contributed by atoms with Crippen LogP contribution in [0.2, 0.25) is 0 Å². The van der Waals surface area contributed by atoms with Gasteiger partial charge < -0.3 is 9.64 Å². The Bertz CT molecular complexity index is 580. The lowest BCUT2D eigenvalue weighted by molar-refractivity contribution is -0.136. The molecule has 0 spiro atoms. The summed E-state index contributed by atoms with van der Waals surface area (Å²) < 4.78 is 6.02. The summed E-state index contributed by atoms with van der Waals surface area (Å²) in [5, 5.41) is 0. The van der Waals surface area contributed by atoms with Gasteiger partial charge in [0, 0.05) is 29.1 Å². The Morgan fingerprint density at radius 3 is 2.74 bits per heavy atom. The van der Waals surface area contributed by atoms with E-state index in [9.17, 15) is 4.79 Å². The van der Waals surface area contributed by atoms with Gasteiger partial charge in [-0.3, -0.25) is 0 Å². The van der Waals surface area contributed by atoms with Crippen molar-refractivity contribution in [1.82, 2.24) is 4.90 Å². The third-order valence-corrected chi connectivity index (χ3v) is 5.18. The minimum atomic E-state index is -0.175. The molecule has 0 amide bonds. The van der Waals surface area contributed by atoms with Gasteiger partial charge in [-0.25, -0.2) is 4.79 Å². The lowest BCUT2D eigenvalue weighted by Gasteiger charge is -2.29. The minimum absolute atomic E-state index is 0.175. The van der Waals surface area contributed by atoms with Gasteiger partial charge >= 0.3 is 5.97 Å². The van der Waals surface area contributed by atoms with Gasteiger partial charge in [-0.15, -0.1) is 0 Å². The maximum Gasteiger partial charge on any atom is 0.335 e. The number of benzene rings is 1. The number of hydrogen-bond acceptors (Lipinski definition) is 3. The van der Waals surface area contributed by atoms with E-state index in [0.717, 1.165) is 41.5 Å². The predicted molar refractivity (Wildman–Crippen MR) is 102 cm³/mol. The van der Waals surface area contributed by atoms with Crippen LogP contribution in [0.15, 0.2) is 53.8 Å². The van der Waals surface area contributed by atoms with E-state index in [1.54, 1.807) is 0 Å². The highest BCUT2D eigenvalue weighted by Gasteiger charge is 2.34. The van der Waals surface area contributed by atoms with E-state index in [2.05, 4.69) is 63.9 Å². The molecule has 23 heavy (non-hydrogen) atoms. The zero-order valence-electron chi connectivity index (χ0n) is 13.8. The number of alkyl halides is 1. The van der Waals surface area contributed by atoms with Crippen molar-refractivity contribution < 1.29 is 9.53 Å². The van der Waals surface area contributed by atoms with E-state index in [0.29, 0.717) is 6.04 Å². The summed E-state index contributed by atoms with van der Waals surface area (Å²) in [6.07, 6.45) is 6.83. The van der Waals surface area contributed by atoms with Crippen LogP contribution < -0.4 is 0 Å². The lowest BCUT2D eigenvalue weighted by atomic mass is 10.1. The van der Waals surface area contributed by atoms with Crippen molar-refractivity contribution in [2.45, 2.75) is 38.8 Å². The third-order valence-electron chi connectivity index (χ3n) is 4.16. The Kier molecular flexibility index (Phi) is 7.15. The number of carbonyl (C=O) groups is 1. The number of hydrogen-bond donors (Lipinski definition) is 0. The fourth-order valence-electron chi connectivity index (χ4n) is 3.01. The first-order valence-electron chi connectivity index (χ1n) is 7.99. The van der Waals surface area contributed by atoms with Crippen molar-refractivity contribution in [3.63, 3.8) is 0 Å². The van der Waals surface area contributed by atoms with Crippen molar-refractivity contribution in [3.05, 3.63) is 59.3 Å². The lowest BCUT2D eigenvalue weighted by Crippen LogP contribution is -2.30. The first-order valence-corrected chi connectivity index (χ1v) is 9.51. The van der Waals surface area contributed by atoms with Gasteiger partial charge in [0.1, 0.15) is 0 Å². The normalized spacial score (nSPS) is 18.0. The second-order valence-electron chi connectivity index (χ2n) is 5.65. The summed E-state index contributed by atoms with van der Waals surface area (Å²) in [7, 11) is 1.47. The van der Waals surface area contributed by atoms with Crippen molar-refractivity contribution in [2.75, 3.05) is 11.5 Å². The Morgan fingerprint density at radius 2 is 2.13 bits per heavy atom. The number of esters is 1. The average molecular weight is 425 g/mol. The van der Waals surface area contributed by atoms with E-state index in [-0.39, 0.29) is 5.97 Å². The zero-order chi connectivity index (χ0) is 16.7. The topological polar surface area (TPSA) is 29.5 Å². The fourth-order valence-corrected chi connectivity index (χ4v) is 3.79. The number of carbonyl (C=O) groups excluding carboxylic acids is 1. The van der Waals surface area contributed by atoms with Gasteiger partial charge in [-0.1, -0.05) is 65.1 Å². The minimum Gasteiger partial charge on any atom is -0.466 e. The summed E-state index contributed by atoms with van der Waals surface area (Å²) in [5.41, 5.74) is 3.28. The van der Waals surface area contributed by atoms with E-state index in [1.165, 1.54) is 12.7 Å². The molecule has 0 aromatic heterocycles. The molecule has 1 heterocycles. The zero-order valence-corrected chi connectivity index (χ0v) is 16.0. The summed E-state index contributed by atoms with van der Waals surface area (Å²) in [6, 6.07) is 10.8. The van der Waals surface area contributed by atoms with Crippen LogP contribution in [0.4, 0.5) is 0 Å². The molecule has 124 valence electrons. The molecule has 1 atom stereocenters. The largest absolute Gasteiger partial charge is 0.466 e. The quantitative estimate of drug-likeness (QED) is 0.279. The molecule has 0 bridgehead atoms. The van der Waals surface area contributed by atoms with E-state index in [1.807, 2.05) is 13.0 Å². The molecule has 0 saturated heterocycles. The SMILES string of the molecule is C/C=C/CCC1=C(C(=O)OC)CC(CI)N1Cc1ccccc1. The number of rotatable bonds is 7. The maximum absolute atomic E-state index is 12.2. The molecule has 1 unspecified atom stereocenters. The van der Waals surface area contributed by atoms with Gasteiger partial charge in [0.15, 0.2) is 0 Å². The smallest absolute Gasteiger partial charge is 0.335 e. The highest BCUT2D eigenvalue weighted by Crippen LogP contribution is 2.34. The fraction of sp³-hybridized carbons (Fsp3) is 0.421. The summed E-state index contributed by atoms with van der Waals surface area (Å²) in [4.78, 5) is 14.6. The summed E-state index contributed by atoms with van der Waals surface area (Å²) in [6.45, 7) is 2.87. The van der Waals surface area contributed by atoms with Gasteiger partial charge in [0.2, 0.25) is 0 Å². The molecule has 0 fully saturated rings. The molecule has 1 aliphatic rings. The van der Waals surface area contributed by atoms with E-state index in [4.69, 9.17) is 4.74 Å². The Hall–Kier alpha value is -1.30. The van der Waals surface area contributed by atoms with Crippen LogP contribution in [0, 0.1) is 0 Å². The van der Waals surface area contributed by atoms with Gasteiger partial charge in [0.25, 0.3) is 0 Å². The first-order chi connectivity index (χ1) is 11.2. The number of nitrogens with zero attached hydrogens (tertiary/aromatic N) is 1. The Morgan fingerprint density at radius 1 is 1.39 bits per heavy atom. The number of ether oxygens (including phenoxy) is 1. The van der Waals surface area contributed by atoms with Crippen molar-refractivity contribution in [3.8, 4) is 0 Å². The molecule has 3 nitrogen and oxygen atoms in total. The molecule has 0 N–H and O–H groups in total. The molecule has 0 aliphatic carbocycles. The van der Waals surface area contributed by atoms with Gasteiger partial charge in [0.05, 0.1) is 12.7 Å². The van der Waals surface area contributed by atoms with Gasteiger partial charge in [-0.05, 0) is 25.3 Å². The van der Waals surface area contributed by atoms with Crippen LogP contribution >= 0.6 is 22.6 Å². The van der Waals surface area contributed by atoms with Crippen molar-refractivity contribution >= 4 is 28.6 Å². The van der Waals surface area contributed by atoms with Crippen LogP contribution in [0.25, 0.3) is 0 Å². The Labute approximate surface area is 152 Å². The third kappa shape index (κ3) is 4.59.